The summed E-state index contributed by atoms with van der Waals surface area (Å²) in [7, 11) is 0. The van der Waals surface area contributed by atoms with Gasteiger partial charge in [0.1, 0.15) is 0 Å². The van der Waals surface area contributed by atoms with Gasteiger partial charge in [0, 0.05) is 30.5 Å². The number of aliphatic hydroxyl groups is 1. The number of fused-ring (bicyclic) bond motifs is 5. The van der Waals surface area contributed by atoms with Gasteiger partial charge in [-0.05, 0) is 57.2 Å². The molecule has 0 aromatic heterocycles. The summed E-state index contributed by atoms with van der Waals surface area (Å²) in [6, 6.07) is 7.90. The molecule has 3 aliphatic rings. The van der Waals surface area contributed by atoms with Gasteiger partial charge in [-0.3, -0.25) is 4.79 Å². The first-order valence-electron chi connectivity index (χ1n) is 9.17. The van der Waals surface area contributed by atoms with Crippen molar-refractivity contribution in [2.45, 2.75) is 57.3 Å². The van der Waals surface area contributed by atoms with Crippen LogP contribution in [0.5, 0.6) is 0 Å². The lowest BCUT2D eigenvalue weighted by atomic mass is 9.82. The molecule has 1 aromatic rings. The number of aryl methyl sites for hydroxylation is 1. The van der Waals surface area contributed by atoms with E-state index in [2.05, 4.69) is 0 Å². The highest BCUT2D eigenvalue weighted by molar-refractivity contribution is 5.94. The first-order chi connectivity index (χ1) is 11.4. The number of hydrogen-bond donors (Lipinski definition) is 1. The third-order valence-electron chi connectivity index (χ3n) is 5.94. The molecule has 1 N–H and O–H groups in total. The van der Waals surface area contributed by atoms with Crippen LogP contribution in [-0.4, -0.2) is 46.8 Å². The predicted octanol–water partition coefficient (Wildman–Crippen LogP) is 2.64. The monoisotopic (exact) mass is 329 g/mol. The molecule has 2 bridgehead atoms. The van der Waals surface area contributed by atoms with Crippen LogP contribution in [-0.2, 0) is 11.2 Å². The molecule has 3 heterocycles. The van der Waals surface area contributed by atoms with Gasteiger partial charge >= 0.3 is 0 Å². The fourth-order valence-corrected chi connectivity index (χ4v) is 4.62. The molecule has 130 valence electrons. The number of carbonyl (C=O) groups is 1. The van der Waals surface area contributed by atoms with Gasteiger partial charge in [0.25, 0.3) is 5.91 Å². The maximum Gasteiger partial charge on any atom is 0.253 e. The van der Waals surface area contributed by atoms with Crippen molar-refractivity contribution in [3.63, 3.8) is 0 Å². The Hall–Kier alpha value is -1.39. The molecule has 0 radical (unpaired) electrons. The van der Waals surface area contributed by atoms with Crippen molar-refractivity contribution in [1.29, 1.82) is 0 Å². The van der Waals surface area contributed by atoms with Crippen LogP contribution in [0.25, 0.3) is 0 Å². The molecule has 0 aliphatic carbocycles. The molecular weight excluding hydrogens is 302 g/mol. The minimum absolute atomic E-state index is 0.147. The summed E-state index contributed by atoms with van der Waals surface area (Å²) in [5.74, 6) is 1.24. The van der Waals surface area contributed by atoms with Crippen molar-refractivity contribution in [1.82, 2.24) is 4.90 Å². The van der Waals surface area contributed by atoms with Gasteiger partial charge in [-0.2, -0.15) is 0 Å². The van der Waals surface area contributed by atoms with E-state index in [1.807, 2.05) is 43.0 Å². The van der Waals surface area contributed by atoms with Gasteiger partial charge in [0.2, 0.25) is 0 Å². The van der Waals surface area contributed by atoms with Crippen molar-refractivity contribution in [2.24, 2.45) is 11.8 Å². The fraction of sp³-hybridized carbons (Fsp3) is 0.650. The highest BCUT2D eigenvalue weighted by atomic mass is 16.5. The average Bonchev–Trinajstić information content (AvgIpc) is 3.24. The molecule has 4 atom stereocenters. The number of amides is 1. The summed E-state index contributed by atoms with van der Waals surface area (Å²) in [5, 5.41) is 9.89. The van der Waals surface area contributed by atoms with Crippen LogP contribution in [0.3, 0.4) is 0 Å². The van der Waals surface area contributed by atoms with E-state index in [4.69, 9.17) is 4.74 Å². The lowest BCUT2D eigenvalue weighted by Gasteiger charge is -2.20. The Bertz CT molecular complexity index is 618. The molecule has 3 saturated heterocycles. The van der Waals surface area contributed by atoms with Crippen molar-refractivity contribution in [3.8, 4) is 0 Å². The molecule has 4 nitrogen and oxygen atoms in total. The number of rotatable bonds is 4. The topological polar surface area (TPSA) is 49.8 Å². The first kappa shape index (κ1) is 16.1. The number of ether oxygens (including phenoxy) is 1. The van der Waals surface area contributed by atoms with E-state index in [9.17, 15) is 9.90 Å². The predicted molar refractivity (Wildman–Crippen MR) is 91.8 cm³/mol. The Balaban J connectivity index is 1.43. The van der Waals surface area contributed by atoms with E-state index in [0.29, 0.717) is 30.5 Å². The Kier molecular flexibility index (Phi) is 3.92. The quantitative estimate of drug-likeness (QED) is 0.924. The van der Waals surface area contributed by atoms with Crippen LogP contribution in [0.15, 0.2) is 24.3 Å². The fourth-order valence-electron chi connectivity index (χ4n) is 4.62. The second-order valence-corrected chi connectivity index (χ2v) is 8.34. The number of carbonyl (C=O) groups excluding carboxylic acids is 1. The zero-order chi connectivity index (χ0) is 16.9. The summed E-state index contributed by atoms with van der Waals surface area (Å²) in [5.41, 5.74) is 1.22. The Labute approximate surface area is 143 Å². The van der Waals surface area contributed by atoms with Crippen LogP contribution in [0.2, 0.25) is 0 Å². The molecule has 1 aromatic carbocycles. The maximum absolute atomic E-state index is 12.9. The summed E-state index contributed by atoms with van der Waals surface area (Å²) < 4.78 is 5.99. The van der Waals surface area contributed by atoms with Crippen LogP contribution in [0.4, 0.5) is 0 Å². The smallest absolute Gasteiger partial charge is 0.253 e. The van der Waals surface area contributed by atoms with E-state index in [-0.39, 0.29) is 5.91 Å². The van der Waals surface area contributed by atoms with Gasteiger partial charge in [-0.25, -0.2) is 0 Å². The molecule has 0 unspecified atom stereocenters. The van der Waals surface area contributed by atoms with E-state index in [1.54, 1.807) is 0 Å². The van der Waals surface area contributed by atoms with E-state index in [1.165, 1.54) is 12.8 Å². The van der Waals surface area contributed by atoms with Gasteiger partial charge in [0.05, 0.1) is 17.8 Å². The summed E-state index contributed by atoms with van der Waals surface area (Å²) >= 11 is 0. The molecular formula is C20H27NO3. The second-order valence-electron chi connectivity index (χ2n) is 8.34. The van der Waals surface area contributed by atoms with Crippen LogP contribution in [0.1, 0.15) is 49.0 Å². The number of hydrogen-bond acceptors (Lipinski definition) is 3. The third kappa shape index (κ3) is 2.98. The summed E-state index contributed by atoms with van der Waals surface area (Å²) in [6.45, 7) is 5.33. The second kappa shape index (κ2) is 5.85. The van der Waals surface area contributed by atoms with Crippen molar-refractivity contribution in [3.05, 3.63) is 35.4 Å². The minimum atomic E-state index is -0.675. The number of benzene rings is 1. The lowest BCUT2D eigenvalue weighted by Crippen LogP contribution is -2.31. The van der Waals surface area contributed by atoms with E-state index < -0.39 is 5.60 Å². The van der Waals surface area contributed by atoms with Gasteiger partial charge in [0.15, 0.2) is 0 Å². The van der Waals surface area contributed by atoms with Crippen LogP contribution in [0, 0.1) is 11.8 Å². The highest BCUT2D eigenvalue weighted by Gasteiger charge is 2.53. The zero-order valence-corrected chi connectivity index (χ0v) is 14.6. The SMILES string of the molecule is CC(C)(O)CCc1cccc(C(=O)N2C[C@@H]3[C@H](C2)[C@H]2CC[C@@H]3O2)c1. The standard InChI is InChI=1S/C20H27NO3/c1-20(2,23)9-8-13-4-3-5-14(10-13)19(22)21-11-15-16(12-21)18-7-6-17(15)24-18/h3-5,10,15-18,23H,6-9,11-12H2,1-2H3/t15-,16+,17+,18-. The Morgan fingerprint density at radius 3 is 2.54 bits per heavy atom. The number of likely N-dealkylation sites (tertiary alicyclic amines) is 1. The molecule has 3 fully saturated rings. The Morgan fingerprint density at radius 2 is 1.92 bits per heavy atom. The van der Waals surface area contributed by atoms with Gasteiger partial charge in [-0.1, -0.05) is 12.1 Å². The normalized spacial score (nSPS) is 31.5. The van der Waals surface area contributed by atoms with Crippen molar-refractivity contribution >= 4 is 5.91 Å². The molecule has 0 spiro atoms. The van der Waals surface area contributed by atoms with E-state index >= 15 is 0 Å². The Morgan fingerprint density at radius 1 is 1.25 bits per heavy atom. The first-order valence-corrected chi connectivity index (χ1v) is 9.17. The van der Waals surface area contributed by atoms with Gasteiger partial charge in [-0.15, -0.1) is 0 Å². The van der Waals surface area contributed by atoms with Crippen LogP contribution < -0.4 is 0 Å². The molecule has 3 aliphatic heterocycles. The lowest BCUT2D eigenvalue weighted by molar-refractivity contribution is 0.0594. The average molecular weight is 329 g/mol. The molecule has 4 heteroatoms. The van der Waals surface area contributed by atoms with Gasteiger partial charge < -0.3 is 14.7 Å². The summed E-state index contributed by atoms with van der Waals surface area (Å²) in [4.78, 5) is 14.9. The molecule has 4 rings (SSSR count). The molecule has 0 saturated carbocycles. The largest absolute Gasteiger partial charge is 0.390 e. The van der Waals surface area contributed by atoms with Crippen LogP contribution >= 0.6 is 0 Å². The van der Waals surface area contributed by atoms with Crippen molar-refractivity contribution in [2.75, 3.05) is 13.1 Å². The third-order valence-corrected chi connectivity index (χ3v) is 5.94. The molecule has 24 heavy (non-hydrogen) atoms. The molecule has 1 amide bonds. The van der Waals surface area contributed by atoms with Crippen molar-refractivity contribution < 1.29 is 14.6 Å². The van der Waals surface area contributed by atoms with E-state index in [0.717, 1.165) is 30.6 Å². The minimum Gasteiger partial charge on any atom is -0.390 e. The number of nitrogens with zero attached hydrogens (tertiary/aromatic N) is 1. The zero-order valence-electron chi connectivity index (χ0n) is 14.6. The maximum atomic E-state index is 12.9. The summed E-state index contributed by atoms with van der Waals surface area (Å²) in [6.07, 6.45) is 4.58. The highest BCUT2D eigenvalue weighted by Crippen LogP contribution is 2.47.